The SMILES string of the molecule is CC(=O)N1[C@@H](c2ccco2)SC[C@H]1C(=O)OCC(=O)c1ccc2c(c1)OCCO2. The molecule has 3 heterocycles. The summed E-state index contributed by atoms with van der Waals surface area (Å²) in [6.45, 7) is 1.85. The molecule has 0 bridgehead atoms. The summed E-state index contributed by atoms with van der Waals surface area (Å²) < 4.78 is 21.5. The summed E-state index contributed by atoms with van der Waals surface area (Å²) in [4.78, 5) is 38.6. The number of Topliss-reactive ketones (excluding diaryl/α,β-unsaturated/α-hetero) is 1. The van der Waals surface area contributed by atoms with E-state index in [1.165, 1.54) is 29.8 Å². The van der Waals surface area contributed by atoms with E-state index in [-0.39, 0.29) is 11.7 Å². The molecule has 0 aliphatic carbocycles. The maximum Gasteiger partial charge on any atom is 0.330 e. The van der Waals surface area contributed by atoms with Gasteiger partial charge in [0.15, 0.2) is 23.9 Å². The monoisotopic (exact) mass is 417 g/mol. The normalized spacial score (nSPS) is 20.4. The molecule has 2 aliphatic heterocycles. The number of rotatable bonds is 5. The molecule has 152 valence electrons. The summed E-state index contributed by atoms with van der Waals surface area (Å²) in [7, 11) is 0. The number of thioether (sulfide) groups is 1. The van der Waals surface area contributed by atoms with Crippen molar-refractivity contribution in [2.24, 2.45) is 0 Å². The van der Waals surface area contributed by atoms with Crippen LogP contribution in [0, 0.1) is 0 Å². The highest BCUT2D eigenvalue weighted by molar-refractivity contribution is 7.99. The Morgan fingerprint density at radius 1 is 1.17 bits per heavy atom. The zero-order valence-corrected chi connectivity index (χ0v) is 16.5. The van der Waals surface area contributed by atoms with Crippen LogP contribution in [0.15, 0.2) is 41.0 Å². The minimum Gasteiger partial charge on any atom is -0.486 e. The smallest absolute Gasteiger partial charge is 0.330 e. The van der Waals surface area contributed by atoms with Gasteiger partial charge in [0.1, 0.15) is 30.4 Å². The second-order valence-corrected chi connectivity index (χ2v) is 7.65. The highest BCUT2D eigenvalue weighted by Gasteiger charge is 2.43. The first-order chi connectivity index (χ1) is 14.0. The minimum atomic E-state index is -0.777. The number of hydrogen-bond donors (Lipinski definition) is 0. The fraction of sp³-hybridized carbons (Fsp3) is 0.350. The number of ketones is 1. The Kier molecular flexibility index (Phi) is 5.48. The zero-order valence-electron chi connectivity index (χ0n) is 15.7. The number of nitrogens with zero attached hydrogens (tertiary/aromatic N) is 1. The molecular formula is C20H19NO7S. The van der Waals surface area contributed by atoms with E-state index in [0.717, 1.165) is 0 Å². The van der Waals surface area contributed by atoms with Crippen LogP contribution in [0.4, 0.5) is 0 Å². The fourth-order valence-electron chi connectivity index (χ4n) is 3.26. The molecule has 9 heteroatoms. The van der Waals surface area contributed by atoms with Crippen molar-refractivity contribution in [2.75, 3.05) is 25.6 Å². The van der Waals surface area contributed by atoms with Crippen molar-refractivity contribution in [2.45, 2.75) is 18.3 Å². The van der Waals surface area contributed by atoms with E-state index in [1.54, 1.807) is 30.3 Å². The molecule has 2 atom stereocenters. The Bertz CT molecular complexity index is 927. The van der Waals surface area contributed by atoms with Crippen LogP contribution in [0.1, 0.15) is 28.4 Å². The van der Waals surface area contributed by atoms with E-state index in [9.17, 15) is 14.4 Å². The number of amides is 1. The zero-order chi connectivity index (χ0) is 20.4. The van der Waals surface area contributed by atoms with Gasteiger partial charge in [0.2, 0.25) is 5.91 Å². The molecule has 0 N–H and O–H groups in total. The van der Waals surface area contributed by atoms with Gasteiger partial charge in [0.05, 0.1) is 6.26 Å². The van der Waals surface area contributed by atoms with E-state index >= 15 is 0 Å². The topological polar surface area (TPSA) is 95.3 Å². The lowest BCUT2D eigenvalue weighted by Gasteiger charge is -2.25. The molecule has 0 saturated carbocycles. The highest BCUT2D eigenvalue weighted by atomic mass is 32.2. The van der Waals surface area contributed by atoms with E-state index in [2.05, 4.69) is 0 Å². The molecular weight excluding hydrogens is 398 g/mol. The number of hydrogen-bond acceptors (Lipinski definition) is 8. The van der Waals surface area contributed by atoms with Gasteiger partial charge >= 0.3 is 5.97 Å². The van der Waals surface area contributed by atoms with Gasteiger partial charge in [-0.25, -0.2) is 4.79 Å². The van der Waals surface area contributed by atoms with Crippen LogP contribution in [-0.4, -0.2) is 54.2 Å². The fourth-order valence-corrected chi connectivity index (χ4v) is 4.67. The van der Waals surface area contributed by atoms with Crippen molar-refractivity contribution in [1.29, 1.82) is 0 Å². The Morgan fingerprint density at radius 3 is 2.69 bits per heavy atom. The number of fused-ring (bicyclic) bond motifs is 1. The van der Waals surface area contributed by atoms with Crippen molar-refractivity contribution >= 4 is 29.4 Å². The van der Waals surface area contributed by atoms with Crippen LogP contribution in [0.5, 0.6) is 11.5 Å². The number of ether oxygens (including phenoxy) is 3. The predicted octanol–water partition coefficient (Wildman–Crippen LogP) is 2.44. The predicted molar refractivity (Wildman–Crippen MR) is 103 cm³/mol. The van der Waals surface area contributed by atoms with Gasteiger partial charge in [-0.15, -0.1) is 11.8 Å². The Morgan fingerprint density at radius 2 is 1.97 bits per heavy atom. The molecule has 1 aromatic carbocycles. The third-order valence-corrected chi connectivity index (χ3v) is 5.92. The minimum absolute atomic E-state index is 0.267. The van der Waals surface area contributed by atoms with Crippen LogP contribution < -0.4 is 9.47 Å². The molecule has 2 aliphatic rings. The number of carbonyl (C=O) groups excluding carboxylic acids is 3. The van der Waals surface area contributed by atoms with Crippen molar-refractivity contribution in [3.05, 3.63) is 47.9 Å². The van der Waals surface area contributed by atoms with Crippen LogP contribution in [0.3, 0.4) is 0 Å². The highest BCUT2D eigenvalue weighted by Crippen LogP contribution is 2.41. The molecule has 2 aromatic rings. The lowest BCUT2D eigenvalue weighted by molar-refractivity contribution is -0.152. The number of esters is 1. The number of carbonyl (C=O) groups is 3. The molecule has 1 aromatic heterocycles. The van der Waals surface area contributed by atoms with Gasteiger partial charge < -0.3 is 23.5 Å². The second kappa shape index (κ2) is 8.20. The molecule has 8 nitrogen and oxygen atoms in total. The largest absolute Gasteiger partial charge is 0.486 e. The van der Waals surface area contributed by atoms with Crippen LogP contribution >= 0.6 is 11.8 Å². The molecule has 29 heavy (non-hydrogen) atoms. The summed E-state index contributed by atoms with van der Waals surface area (Å²) in [6.07, 6.45) is 1.52. The first-order valence-corrected chi connectivity index (χ1v) is 10.1. The average Bonchev–Trinajstić information content (AvgIpc) is 3.40. The lowest BCUT2D eigenvalue weighted by Crippen LogP contribution is -2.43. The summed E-state index contributed by atoms with van der Waals surface area (Å²) >= 11 is 1.41. The molecule has 0 spiro atoms. The van der Waals surface area contributed by atoms with Gasteiger partial charge in [0, 0.05) is 18.2 Å². The standard InChI is InChI=1S/C20H19NO7S/c1-12(22)21-14(11-29-19(21)17-3-2-6-25-17)20(24)28-10-15(23)13-4-5-16-18(9-13)27-8-7-26-16/h2-6,9,14,19H,7-8,10-11H2,1H3/t14-,19+/m0/s1. The van der Waals surface area contributed by atoms with Crippen molar-refractivity contribution in [3.8, 4) is 11.5 Å². The van der Waals surface area contributed by atoms with Gasteiger partial charge in [-0.3, -0.25) is 9.59 Å². The van der Waals surface area contributed by atoms with Crippen molar-refractivity contribution in [1.82, 2.24) is 4.90 Å². The molecule has 4 rings (SSSR count). The van der Waals surface area contributed by atoms with Crippen LogP contribution in [0.25, 0.3) is 0 Å². The summed E-state index contributed by atoms with van der Waals surface area (Å²) in [5.41, 5.74) is 0.361. The quantitative estimate of drug-likeness (QED) is 0.541. The van der Waals surface area contributed by atoms with Gasteiger partial charge in [-0.2, -0.15) is 0 Å². The average molecular weight is 417 g/mol. The third-order valence-electron chi connectivity index (χ3n) is 4.63. The molecule has 0 radical (unpaired) electrons. The summed E-state index contributed by atoms with van der Waals surface area (Å²) in [5.74, 6) is 0.774. The Hall–Kier alpha value is -2.94. The Labute approximate surface area is 171 Å². The Balaban J connectivity index is 1.40. The van der Waals surface area contributed by atoms with Gasteiger partial charge in [-0.05, 0) is 30.3 Å². The number of benzene rings is 1. The number of furan rings is 1. The van der Waals surface area contributed by atoms with Crippen molar-refractivity contribution < 1.29 is 33.0 Å². The maximum atomic E-state index is 12.6. The van der Waals surface area contributed by atoms with Gasteiger partial charge in [0.25, 0.3) is 0 Å². The summed E-state index contributed by atoms with van der Waals surface area (Å²) in [5, 5.41) is -0.395. The van der Waals surface area contributed by atoms with Gasteiger partial charge in [-0.1, -0.05) is 0 Å². The summed E-state index contributed by atoms with van der Waals surface area (Å²) in [6, 6.07) is 7.54. The van der Waals surface area contributed by atoms with E-state index in [4.69, 9.17) is 18.6 Å². The second-order valence-electron chi connectivity index (χ2n) is 6.53. The molecule has 1 fully saturated rings. The van der Waals surface area contributed by atoms with Crippen LogP contribution in [0.2, 0.25) is 0 Å². The van der Waals surface area contributed by atoms with E-state index in [0.29, 0.717) is 41.8 Å². The first kappa shape index (κ1) is 19.4. The van der Waals surface area contributed by atoms with Crippen LogP contribution in [-0.2, 0) is 14.3 Å². The third kappa shape index (κ3) is 3.95. The maximum absolute atomic E-state index is 12.6. The van der Waals surface area contributed by atoms with E-state index < -0.39 is 24.0 Å². The molecule has 1 saturated heterocycles. The van der Waals surface area contributed by atoms with Crippen molar-refractivity contribution in [3.63, 3.8) is 0 Å². The molecule has 1 amide bonds. The molecule has 0 unspecified atom stereocenters. The first-order valence-electron chi connectivity index (χ1n) is 9.08. The lowest BCUT2D eigenvalue weighted by atomic mass is 10.1. The van der Waals surface area contributed by atoms with E-state index in [1.807, 2.05) is 0 Å².